The Morgan fingerprint density at radius 3 is 2.00 bits per heavy atom. The summed E-state index contributed by atoms with van der Waals surface area (Å²) in [6, 6.07) is 16.1. The minimum atomic E-state index is -0.546. The van der Waals surface area contributed by atoms with Crippen LogP contribution in [0.1, 0.15) is 32.0 Å². The molecule has 0 fully saturated rings. The second-order valence-corrected chi connectivity index (χ2v) is 6.50. The van der Waals surface area contributed by atoms with Crippen molar-refractivity contribution in [2.24, 2.45) is 0 Å². The van der Waals surface area contributed by atoms with Gasteiger partial charge >= 0.3 is 11.9 Å². The molecule has 0 radical (unpaired) electrons. The smallest absolute Gasteiger partial charge is 0.337 e. The Hall–Kier alpha value is -3.29. The number of rotatable bonds is 8. The van der Waals surface area contributed by atoms with E-state index in [2.05, 4.69) is 5.32 Å². The molecule has 2 aromatic carbocycles. The highest BCUT2D eigenvalue weighted by molar-refractivity contribution is 5.97. The maximum atomic E-state index is 12.0. The van der Waals surface area contributed by atoms with Crippen molar-refractivity contribution in [2.75, 3.05) is 21.3 Å². The average Bonchev–Trinajstić information content (AvgIpc) is 3.27. The molecule has 0 bridgehead atoms. The molecule has 0 amide bonds. The highest BCUT2D eigenvalue weighted by atomic mass is 35.5. The summed E-state index contributed by atoms with van der Waals surface area (Å²) in [5.74, 6) is 0.980. The zero-order valence-corrected chi connectivity index (χ0v) is 18.3. The second kappa shape index (κ2) is 11.2. The van der Waals surface area contributed by atoms with E-state index in [0.29, 0.717) is 24.4 Å². The van der Waals surface area contributed by atoms with Gasteiger partial charge in [0, 0.05) is 12.1 Å². The molecule has 0 spiro atoms. The van der Waals surface area contributed by atoms with Crippen molar-refractivity contribution in [1.82, 2.24) is 5.32 Å². The Bertz CT molecular complexity index is 995. The quantitative estimate of drug-likeness (QED) is 0.519. The Morgan fingerprint density at radius 2 is 1.45 bits per heavy atom. The predicted octanol–water partition coefficient (Wildman–Crippen LogP) is 4.24. The summed E-state index contributed by atoms with van der Waals surface area (Å²) in [6.07, 6.45) is 0. The fraction of sp³-hybridized carbons (Fsp3) is 0.217. The molecule has 0 aliphatic carbocycles. The van der Waals surface area contributed by atoms with Gasteiger partial charge in [-0.2, -0.15) is 0 Å². The summed E-state index contributed by atoms with van der Waals surface area (Å²) in [6.45, 7) is 1.19. The molecule has 0 aliphatic heterocycles. The minimum Gasteiger partial charge on any atom is -0.497 e. The van der Waals surface area contributed by atoms with E-state index in [1.807, 2.05) is 30.3 Å². The maximum Gasteiger partial charge on any atom is 0.337 e. The fourth-order valence-electron chi connectivity index (χ4n) is 2.94. The second-order valence-electron chi connectivity index (χ2n) is 6.50. The van der Waals surface area contributed by atoms with Gasteiger partial charge < -0.3 is 23.9 Å². The highest BCUT2D eigenvalue weighted by Gasteiger charge is 2.16. The van der Waals surface area contributed by atoms with Gasteiger partial charge in [0.15, 0.2) is 0 Å². The van der Waals surface area contributed by atoms with Gasteiger partial charge in [0.25, 0.3) is 0 Å². The minimum absolute atomic E-state index is 0. The molecule has 3 rings (SSSR count). The molecule has 3 aromatic rings. The van der Waals surface area contributed by atoms with Crippen LogP contribution in [0.4, 0.5) is 0 Å². The SMILES string of the molecule is COC(=O)c1cc(C(=O)OC)cc(-c2ccc(CNCc3ccc(OC)cc3)o2)c1.Cl. The molecule has 0 saturated carbocycles. The number of carbonyl (C=O) groups is 2. The Labute approximate surface area is 186 Å². The lowest BCUT2D eigenvalue weighted by Gasteiger charge is -2.07. The van der Waals surface area contributed by atoms with E-state index in [4.69, 9.17) is 18.6 Å². The number of hydrogen-bond acceptors (Lipinski definition) is 7. The van der Waals surface area contributed by atoms with Crippen LogP contribution in [-0.2, 0) is 22.6 Å². The Balaban J connectivity index is 0.00000341. The number of methoxy groups -OCH3 is 3. The lowest BCUT2D eigenvalue weighted by Crippen LogP contribution is -2.11. The van der Waals surface area contributed by atoms with Crippen LogP contribution < -0.4 is 10.1 Å². The van der Waals surface area contributed by atoms with Crippen LogP contribution in [0.3, 0.4) is 0 Å². The van der Waals surface area contributed by atoms with Gasteiger partial charge in [-0.3, -0.25) is 0 Å². The normalized spacial score (nSPS) is 10.2. The molecule has 7 nitrogen and oxygen atoms in total. The summed E-state index contributed by atoms with van der Waals surface area (Å²) in [4.78, 5) is 23.9. The van der Waals surface area contributed by atoms with Crippen molar-refractivity contribution in [2.45, 2.75) is 13.1 Å². The van der Waals surface area contributed by atoms with Gasteiger partial charge in [0.1, 0.15) is 17.3 Å². The molecule has 164 valence electrons. The molecule has 0 atom stereocenters. The van der Waals surface area contributed by atoms with E-state index < -0.39 is 11.9 Å². The molecule has 0 unspecified atom stereocenters. The summed E-state index contributed by atoms with van der Waals surface area (Å²) in [5, 5.41) is 3.31. The fourth-order valence-corrected chi connectivity index (χ4v) is 2.94. The largest absolute Gasteiger partial charge is 0.497 e. The Morgan fingerprint density at radius 1 is 0.839 bits per heavy atom. The van der Waals surface area contributed by atoms with Crippen LogP contribution in [0, 0.1) is 0 Å². The number of halogens is 1. The lowest BCUT2D eigenvalue weighted by molar-refractivity contribution is 0.0599. The molecule has 0 aliphatic rings. The van der Waals surface area contributed by atoms with E-state index in [1.165, 1.54) is 20.3 Å². The zero-order valence-electron chi connectivity index (χ0n) is 17.5. The van der Waals surface area contributed by atoms with Crippen molar-refractivity contribution >= 4 is 24.3 Å². The van der Waals surface area contributed by atoms with E-state index in [-0.39, 0.29) is 23.5 Å². The number of carbonyl (C=O) groups excluding carboxylic acids is 2. The van der Waals surface area contributed by atoms with Gasteiger partial charge in [-0.05, 0) is 48.0 Å². The monoisotopic (exact) mass is 445 g/mol. The third-order valence-corrected chi connectivity index (χ3v) is 4.51. The molecular weight excluding hydrogens is 422 g/mol. The van der Waals surface area contributed by atoms with Crippen molar-refractivity contribution in [1.29, 1.82) is 0 Å². The van der Waals surface area contributed by atoms with Gasteiger partial charge in [0.2, 0.25) is 0 Å². The first-order valence-corrected chi connectivity index (χ1v) is 9.28. The summed E-state index contributed by atoms with van der Waals surface area (Å²) in [5.41, 5.74) is 2.19. The number of ether oxygens (including phenoxy) is 3. The van der Waals surface area contributed by atoms with E-state index in [0.717, 1.165) is 17.1 Å². The standard InChI is InChI=1S/C23H23NO6.ClH/c1-27-19-6-4-15(5-7-19)13-24-14-20-8-9-21(30-20)16-10-17(22(25)28-2)12-18(11-16)23(26)29-3;/h4-12,24H,13-14H2,1-3H3;1H. The van der Waals surface area contributed by atoms with E-state index in [9.17, 15) is 9.59 Å². The van der Waals surface area contributed by atoms with Gasteiger partial charge in [0.05, 0.1) is 39.0 Å². The van der Waals surface area contributed by atoms with Crippen molar-refractivity contribution in [3.8, 4) is 17.1 Å². The van der Waals surface area contributed by atoms with E-state index >= 15 is 0 Å². The van der Waals surface area contributed by atoms with Crippen LogP contribution in [0.5, 0.6) is 5.75 Å². The molecule has 1 heterocycles. The Kier molecular flexibility index (Phi) is 8.66. The number of furan rings is 1. The summed E-state index contributed by atoms with van der Waals surface area (Å²) < 4.78 is 20.6. The number of nitrogens with one attached hydrogen (secondary N) is 1. The first kappa shape index (κ1) is 24.0. The van der Waals surface area contributed by atoms with E-state index in [1.54, 1.807) is 25.3 Å². The number of esters is 2. The first-order chi connectivity index (χ1) is 14.5. The molecule has 31 heavy (non-hydrogen) atoms. The van der Waals surface area contributed by atoms with Crippen LogP contribution in [0.15, 0.2) is 59.0 Å². The maximum absolute atomic E-state index is 12.0. The number of hydrogen-bond donors (Lipinski definition) is 1. The average molecular weight is 446 g/mol. The van der Waals surface area contributed by atoms with Gasteiger partial charge in [-0.15, -0.1) is 12.4 Å². The third kappa shape index (κ3) is 6.10. The predicted molar refractivity (Wildman–Crippen MR) is 118 cm³/mol. The first-order valence-electron chi connectivity index (χ1n) is 9.28. The summed E-state index contributed by atoms with van der Waals surface area (Å²) >= 11 is 0. The third-order valence-electron chi connectivity index (χ3n) is 4.51. The molecule has 1 aromatic heterocycles. The zero-order chi connectivity index (χ0) is 21.5. The van der Waals surface area contributed by atoms with Gasteiger partial charge in [-0.25, -0.2) is 9.59 Å². The van der Waals surface area contributed by atoms with Crippen molar-refractivity contribution < 1.29 is 28.2 Å². The van der Waals surface area contributed by atoms with Crippen LogP contribution in [0.2, 0.25) is 0 Å². The lowest BCUT2D eigenvalue weighted by atomic mass is 10.0. The van der Waals surface area contributed by atoms with Crippen LogP contribution in [-0.4, -0.2) is 33.3 Å². The number of benzene rings is 2. The van der Waals surface area contributed by atoms with Gasteiger partial charge in [-0.1, -0.05) is 12.1 Å². The highest BCUT2D eigenvalue weighted by Crippen LogP contribution is 2.26. The topological polar surface area (TPSA) is 87.0 Å². The molecule has 1 N–H and O–H groups in total. The summed E-state index contributed by atoms with van der Waals surface area (Å²) in [7, 11) is 4.20. The molecular formula is C23H24ClNO6. The molecule has 8 heteroatoms. The molecule has 0 saturated heterocycles. The van der Waals surface area contributed by atoms with Crippen molar-refractivity contribution in [3.05, 3.63) is 77.0 Å². The van der Waals surface area contributed by atoms with Crippen LogP contribution >= 0.6 is 12.4 Å². The van der Waals surface area contributed by atoms with Crippen molar-refractivity contribution in [3.63, 3.8) is 0 Å². The van der Waals surface area contributed by atoms with Crippen LogP contribution in [0.25, 0.3) is 11.3 Å².